The predicted octanol–water partition coefficient (Wildman–Crippen LogP) is 5.00. The van der Waals surface area contributed by atoms with Crippen molar-refractivity contribution in [3.05, 3.63) is 6.92 Å². The van der Waals surface area contributed by atoms with Crippen molar-refractivity contribution in [3.63, 3.8) is 0 Å². The van der Waals surface area contributed by atoms with Crippen molar-refractivity contribution in [1.29, 1.82) is 0 Å². The summed E-state index contributed by atoms with van der Waals surface area (Å²) < 4.78 is 0. The zero-order chi connectivity index (χ0) is 12.1. The number of unbranched alkanes of at least 4 members (excludes halogenated alkanes) is 8. The summed E-state index contributed by atoms with van der Waals surface area (Å²) in [5, 5.41) is 0.318. The third kappa shape index (κ3) is 12.1. The van der Waals surface area contributed by atoms with Gasteiger partial charge in [-0.1, -0.05) is 70.1 Å². The first kappa shape index (κ1) is 16.0. The van der Waals surface area contributed by atoms with E-state index in [0.29, 0.717) is 10.9 Å². The predicted molar refractivity (Wildman–Crippen MR) is 74.7 cm³/mol. The van der Waals surface area contributed by atoms with Crippen LogP contribution in [0.15, 0.2) is 0 Å². The first-order valence-corrected chi connectivity index (χ1v) is 7.74. The number of rotatable bonds is 11. The topological polar surface area (TPSA) is 17.1 Å². The highest BCUT2D eigenvalue weighted by atomic mass is 32.2. The fourth-order valence-electron chi connectivity index (χ4n) is 1.77. The Morgan fingerprint density at radius 3 is 1.94 bits per heavy atom. The number of carbonyl (C=O) groups excluding carboxylic acids is 1. The molecule has 0 aliphatic carbocycles. The smallest absolute Gasteiger partial charge is 0.188 e. The zero-order valence-corrected chi connectivity index (χ0v) is 11.6. The Balaban J connectivity index is 3.01. The van der Waals surface area contributed by atoms with Gasteiger partial charge < -0.3 is 0 Å². The standard InChI is InChI=1S/C14H27OS/c1-3-5-6-7-8-9-10-11-12-13-14(15)16-4-2/h2-13H2,1H3. The average Bonchev–Trinajstić information content (AvgIpc) is 2.27. The lowest BCUT2D eigenvalue weighted by Crippen LogP contribution is -1.92. The van der Waals surface area contributed by atoms with Gasteiger partial charge in [-0.15, -0.1) is 0 Å². The van der Waals surface area contributed by atoms with Gasteiger partial charge in [-0.25, -0.2) is 0 Å². The van der Waals surface area contributed by atoms with Crippen LogP contribution in [0.25, 0.3) is 0 Å². The second-order valence-corrected chi connectivity index (χ2v) is 5.45. The summed E-state index contributed by atoms with van der Waals surface area (Å²) in [6, 6.07) is 0. The highest BCUT2D eigenvalue weighted by Crippen LogP contribution is 2.12. The maximum absolute atomic E-state index is 11.2. The molecule has 0 amide bonds. The van der Waals surface area contributed by atoms with Gasteiger partial charge in [0.2, 0.25) is 0 Å². The summed E-state index contributed by atoms with van der Waals surface area (Å²) in [6.07, 6.45) is 12.6. The minimum absolute atomic E-state index is 0.318. The van der Waals surface area contributed by atoms with Gasteiger partial charge in [-0.05, 0) is 13.3 Å². The van der Waals surface area contributed by atoms with Gasteiger partial charge in [-0.3, -0.25) is 4.79 Å². The fraction of sp³-hybridized carbons (Fsp3) is 0.857. The maximum atomic E-state index is 11.2. The molecule has 0 aromatic heterocycles. The molecule has 0 heterocycles. The van der Waals surface area contributed by atoms with Crippen LogP contribution < -0.4 is 0 Å². The molecule has 0 bridgehead atoms. The van der Waals surface area contributed by atoms with Gasteiger partial charge in [0, 0.05) is 12.2 Å². The highest BCUT2D eigenvalue weighted by Gasteiger charge is 2.00. The van der Waals surface area contributed by atoms with Crippen LogP contribution in [-0.4, -0.2) is 10.9 Å². The normalized spacial score (nSPS) is 10.6. The second kappa shape index (κ2) is 13.1. The van der Waals surface area contributed by atoms with E-state index in [4.69, 9.17) is 0 Å². The van der Waals surface area contributed by atoms with Crippen molar-refractivity contribution in [2.75, 3.05) is 5.75 Å². The number of hydrogen-bond acceptors (Lipinski definition) is 2. The Morgan fingerprint density at radius 2 is 1.44 bits per heavy atom. The monoisotopic (exact) mass is 243 g/mol. The quantitative estimate of drug-likeness (QED) is 0.475. The van der Waals surface area contributed by atoms with Crippen molar-refractivity contribution in [1.82, 2.24) is 0 Å². The molecule has 0 spiro atoms. The van der Waals surface area contributed by atoms with Gasteiger partial charge in [-0.2, -0.15) is 0 Å². The number of hydrogen-bond donors (Lipinski definition) is 0. The summed E-state index contributed by atoms with van der Waals surface area (Å²) in [6.45, 7) is 5.91. The Bertz CT molecular complexity index is 157. The largest absolute Gasteiger partial charge is 0.287 e. The molecular formula is C14H27OS. The van der Waals surface area contributed by atoms with Crippen LogP contribution >= 0.6 is 11.8 Å². The molecule has 0 fully saturated rings. The lowest BCUT2D eigenvalue weighted by atomic mass is 10.1. The van der Waals surface area contributed by atoms with Crippen LogP contribution in [-0.2, 0) is 4.79 Å². The molecule has 0 saturated heterocycles. The summed E-state index contributed by atoms with van der Waals surface area (Å²) in [5.74, 6) is 0.677. The van der Waals surface area contributed by atoms with E-state index < -0.39 is 0 Å². The number of carbonyl (C=O) groups is 1. The van der Waals surface area contributed by atoms with Crippen molar-refractivity contribution >= 4 is 16.9 Å². The van der Waals surface area contributed by atoms with Gasteiger partial charge in [0.25, 0.3) is 0 Å². The molecule has 0 atom stereocenters. The maximum Gasteiger partial charge on any atom is 0.188 e. The van der Waals surface area contributed by atoms with Crippen LogP contribution in [0.3, 0.4) is 0 Å². The highest BCUT2D eigenvalue weighted by molar-refractivity contribution is 8.13. The Morgan fingerprint density at radius 1 is 0.938 bits per heavy atom. The third-order valence-corrected chi connectivity index (χ3v) is 3.48. The summed E-state index contributed by atoms with van der Waals surface area (Å²) in [5.41, 5.74) is 0. The Kier molecular flexibility index (Phi) is 13.1. The van der Waals surface area contributed by atoms with Crippen molar-refractivity contribution in [2.24, 2.45) is 0 Å². The van der Waals surface area contributed by atoms with Gasteiger partial charge in [0.1, 0.15) is 0 Å². The lowest BCUT2D eigenvalue weighted by Gasteiger charge is -2.01. The van der Waals surface area contributed by atoms with Crippen LogP contribution in [0.2, 0.25) is 0 Å². The molecule has 95 valence electrons. The molecule has 1 nitrogen and oxygen atoms in total. The fourth-order valence-corrected chi connectivity index (χ4v) is 2.28. The zero-order valence-electron chi connectivity index (χ0n) is 10.8. The molecule has 0 rings (SSSR count). The summed E-state index contributed by atoms with van der Waals surface area (Å²) in [7, 11) is 0. The van der Waals surface area contributed by atoms with Gasteiger partial charge in [0.15, 0.2) is 5.12 Å². The molecule has 0 unspecified atom stereocenters. The van der Waals surface area contributed by atoms with E-state index >= 15 is 0 Å². The van der Waals surface area contributed by atoms with Crippen molar-refractivity contribution in [3.8, 4) is 0 Å². The Hall–Kier alpha value is 0.0200. The van der Waals surface area contributed by atoms with E-state index in [9.17, 15) is 4.79 Å². The van der Waals surface area contributed by atoms with Crippen LogP contribution in [0.1, 0.15) is 71.1 Å². The minimum Gasteiger partial charge on any atom is -0.287 e. The van der Waals surface area contributed by atoms with Crippen molar-refractivity contribution < 1.29 is 4.79 Å². The van der Waals surface area contributed by atoms with Crippen LogP contribution in [0.4, 0.5) is 0 Å². The molecule has 0 N–H and O–H groups in total. The first-order chi connectivity index (χ1) is 7.81. The second-order valence-electron chi connectivity index (χ2n) is 4.30. The Labute approximate surface area is 106 Å². The molecule has 2 heteroatoms. The van der Waals surface area contributed by atoms with E-state index in [2.05, 4.69) is 13.8 Å². The summed E-state index contributed by atoms with van der Waals surface area (Å²) in [4.78, 5) is 11.2. The van der Waals surface area contributed by atoms with Crippen LogP contribution in [0, 0.1) is 6.92 Å². The van der Waals surface area contributed by atoms with Crippen molar-refractivity contribution in [2.45, 2.75) is 71.1 Å². The SMILES string of the molecule is [CH2]CSC(=O)CCCCCCCCCCC. The molecule has 1 radical (unpaired) electrons. The lowest BCUT2D eigenvalue weighted by molar-refractivity contribution is -0.111. The van der Waals surface area contributed by atoms with Gasteiger partial charge >= 0.3 is 0 Å². The van der Waals surface area contributed by atoms with E-state index in [1.165, 1.54) is 63.1 Å². The van der Waals surface area contributed by atoms with Crippen LogP contribution in [0.5, 0.6) is 0 Å². The average molecular weight is 243 g/mol. The molecule has 0 aromatic rings. The molecule has 16 heavy (non-hydrogen) atoms. The van der Waals surface area contributed by atoms with E-state index in [1.807, 2.05) is 0 Å². The minimum atomic E-state index is 0.318. The molecule has 0 saturated carbocycles. The molecule has 0 aliphatic rings. The summed E-state index contributed by atoms with van der Waals surface area (Å²) >= 11 is 1.36. The molecular weight excluding hydrogens is 216 g/mol. The first-order valence-electron chi connectivity index (χ1n) is 6.76. The van der Waals surface area contributed by atoms with Gasteiger partial charge in [0.05, 0.1) is 0 Å². The number of thioether (sulfide) groups is 1. The van der Waals surface area contributed by atoms with E-state index in [1.54, 1.807) is 0 Å². The molecule has 0 aliphatic heterocycles. The van der Waals surface area contributed by atoms with E-state index in [0.717, 1.165) is 12.8 Å². The molecule has 0 aromatic carbocycles. The van der Waals surface area contributed by atoms with E-state index in [-0.39, 0.29) is 0 Å². The third-order valence-electron chi connectivity index (χ3n) is 2.75.